The van der Waals surface area contributed by atoms with E-state index in [1.165, 1.54) is 6.07 Å². The Balaban J connectivity index is 2.02. The number of hydrogen-bond donors (Lipinski definition) is 2. The molecule has 0 saturated heterocycles. The number of aromatic nitrogens is 1. The predicted octanol–water partition coefficient (Wildman–Crippen LogP) is 3.12. The number of nitrogens with one attached hydrogen (secondary N) is 1. The highest BCUT2D eigenvalue weighted by Crippen LogP contribution is 2.34. The summed E-state index contributed by atoms with van der Waals surface area (Å²) in [5.74, 6) is -6.91. The molecule has 0 spiro atoms. The summed E-state index contributed by atoms with van der Waals surface area (Å²) in [6.45, 7) is 0.127. The Labute approximate surface area is 152 Å². The maximum atomic E-state index is 12.8. The topological polar surface area (TPSA) is 88.5 Å². The second-order valence-corrected chi connectivity index (χ2v) is 6.74. The first kappa shape index (κ1) is 20.9. The number of ether oxygens (including phenoxy) is 1. The molecule has 6 nitrogen and oxygen atoms in total. The van der Waals surface area contributed by atoms with Crippen molar-refractivity contribution < 1.29 is 37.0 Å². The minimum Gasteiger partial charge on any atom is -0.481 e. The largest absolute Gasteiger partial charge is 0.481 e. The number of carbonyl (C=O) groups is 2. The molecule has 2 rings (SSSR count). The maximum absolute atomic E-state index is 12.8. The third-order valence-electron chi connectivity index (χ3n) is 4.64. The van der Waals surface area contributed by atoms with Gasteiger partial charge in [-0.15, -0.1) is 0 Å². The Kier molecular flexibility index (Phi) is 6.27. The molecule has 1 aliphatic rings. The fourth-order valence-electron chi connectivity index (χ4n) is 3.04. The van der Waals surface area contributed by atoms with Crippen molar-refractivity contribution in [3.63, 3.8) is 0 Å². The molecular weight excluding hydrogens is 372 g/mol. The van der Waals surface area contributed by atoms with Crippen LogP contribution in [0.25, 0.3) is 0 Å². The van der Waals surface area contributed by atoms with Crippen molar-refractivity contribution >= 4 is 11.9 Å². The minimum atomic E-state index is -4.31. The van der Waals surface area contributed by atoms with Gasteiger partial charge in [-0.3, -0.25) is 9.59 Å². The number of rotatable bonds is 7. The summed E-state index contributed by atoms with van der Waals surface area (Å²) in [6.07, 6.45) is -0.306. The van der Waals surface area contributed by atoms with Crippen LogP contribution in [-0.2, 0) is 4.79 Å². The molecule has 150 valence electrons. The standard InChI is InChI=1S/C17H20F4N2O4/c1-16(7-3-2-4-11(16)14(25)26)23-13(24)10-5-6-12(22-8-10)27-9-17(20,21)15(18)19/h5-6,8,11,15H,2-4,7,9H2,1H3,(H,23,24)(H,25,26). The number of halogens is 4. The molecule has 1 fully saturated rings. The van der Waals surface area contributed by atoms with Crippen LogP contribution in [0, 0.1) is 5.92 Å². The molecule has 27 heavy (non-hydrogen) atoms. The third-order valence-corrected chi connectivity index (χ3v) is 4.64. The molecular formula is C17H20F4N2O4. The average molecular weight is 392 g/mol. The molecule has 1 aliphatic carbocycles. The first-order valence-corrected chi connectivity index (χ1v) is 8.35. The summed E-state index contributed by atoms with van der Waals surface area (Å²) >= 11 is 0. The van der Waals surface area contributed by atoms with Gasteiger partial charge in [0.1, 0.15) is 0 Å². The number of amides is 1. The second-order valence-electron chi connectivity index (χ2n) is 6.74. The molecule has 0 aromatic carbocycles. The first-order chi connectivity index (χ1) is 12.5. The van der Waals surface area contributed by atoms with Crippen molar-refractivity contribution in [2.75, 3.05) is 6.61 Å². The molecule has 1 heterocycles. The van der Waals surface area contributed by atoms with E-state index >= 15 is 0 Å². The van der Waals surface area contributed by atoms with Gasteiger partial charge in [-0.2, -0.15) is 8.78 Å². The van der Waals surface area contributed by atoms with E-state index < -0.39 is 42.3 Å². The van der Waals surface area contributed by atoms with Crippen LogP contribution < -0.4 is 10.1 Å². The van der Waals surface area contributed by atoms with E-state index in [-0.39, 0.29) is 11.4 Å². The quantitative estimate of drug-likeness (QED) is 0.696. The summed E-state index contributed by atoms with van der Waals surface area (Å²) in [4.78, 5) is 27.5. The number of carbonyl (C=O) groups excluding carboxylic acids is 1. The Bertz CT molecular complexity index is 684. The van der Waals surface area contributed by atoms with Gasteiger partial charge in [0.15, 0.2) is 6.61 Å². The maximum Gasteiger partial charge on any atom is 0.340 e. The number of hydrogen-bond acceptors (Lipinski definition) is 4. The molecule has 10 heteroatoms. The highest BCUT2D eigenvalue weighted by atomic mass is 19.3. The van der Waals surface area contributed by atoms with E-state index in [4.69, 9.17) is 0 Å². The van der Waals surface area contributed by atoms with Crippen molar-refractivity contribution in [2.24, 2.45) is 5.92 Å². The number of aliphatic carboxylic acids is 1. The number of carboxylic acids is 1. The predicted molar refractivity (Wildman–Crippen MR) is 86.1 cm³/mol. The fourth-order valence-corrected chi connectivity index (χ4v) is 3.04. The van der Waals surface area contributed by atoms with Gasteiger partial charge in [0, 0.05) is 12.3 Å². The third kappa shape index (κ3) is 5.08. The minimum absolute atomic E-state index is 0.0684. The van der Waals surface area contributed by atoms with Crippen LogP contribution in [0.5, 0.6) is 5.88 Å². The van der Waals surface area contributed by atoms with Gasteiger partial charge in [0.2, 0.25) is 5.88 Å². The van der Waals surface area contributed by atoms with Gasteiger partial charge in [-0.05, 0) is 25.8 Å². The molecule has 1 aromatic heterocycles. The normalized spacial score (nSPS) is 23.1. The zero-order valence-electron chi connectivity index (χ0n) is 14.6. The van der Waals surface area contributed by atoms with Crippen LogP contribution in [0.4, 0.5) is 17.6 Å². The van der Waals surface area contributed by atoms with Crippen LogP contribution in [0.15, 0.2) is 18.3 Å². The van der Waals surface area contributed by atoms with Crippen molar-refractivity contribution in [1.82, 2.24) is 10.3 Å². The molecule has 2 unspecified atom stereocenters. The summed E-state index contributed by atoms with van der Waals surface area (Å²) in [5, 5.41) is 12.1. The number of pyridine rings is 1. The van der Waals surface area contributed by atoms with Crippen LogP contribution >= 0.6 is 0 Å². The number of alkyl halides is 4. The molecule has 0 aliphatic heterocycles. The van der Waals surface area contributed by atoms with Gasteiger partial charge in [-0.25, -0.2) is 13.8 Å². The smallest absolute Gasteiger partial charge is 0.340 e. The molecule has 0 radical (unpaired) electrons. The second kappa shape index (κ2) is 8.10. The number of nitrogens with zero attached hydrogens (tertiary/aromatic N) is 1. The van der Waals surface area contributed by atoms with E-state index in [2.05, 4.69) is 15.0 Å². The monoisotopic (exact) mass is 392 g/mol. The zero-order chi connectivity index (χ0) is 20.2. The Morgan fingerprint density at radius 1 is 1.41 bits per heavy atom. The highest BCUT2D eigenvalue weighted by Gasteiger charge is 2.43. The first-order valence-electron chi connectivity index (χ1n) is 8.35. The Hall–Kier alpha value is -2.39. The molecule has 2 atom stereocenters. The SMILES string of the molecule is CC1(NC(=O)c2ccc(OCC(F)(F)C(F)F)nc2)CCCCC1C(=O)O. The van der Waals surface area contributed by atoms with E-state index in [0.29, 0.717) is 12.8 Å². The van der Waals surface area contributed by atoms with Crippen LogP contribution in [-0.4, -0.2) is 46.5 Å². The molecule has 0 bridgehead atoms. The van der Waals surface area contributed by atoms with E-state index in [9.17, 15) is 32.3 Å². The van der Waals surface area contributed by atoms with E-state index in [1.807, 2.05) is 0 Å². The van der Waals surface area contributed by atoms with Crippen LogP contribution in [0.3, 0.4) is 0 Å². The fraction of sp³-hybridized carbons (Fsp3) is 0.588. The van der Waals surface area contributed by atoms with Gasteiger partial charge in [0.05, 0.1) is 17.0 Å². The lowest BCUT2D eigenvalue weighted by molar-refractivity contribution is -0.148. The Morgan fingerprint density at radius 2 is 2.11 bits per heavy atom. The lowest BCUT2D eigenvalue weighted by atomic mass is 9.74. The van der Waals surface area contributed by atoms with Crippen molar-refractivity contribution in [3.05, 3.63) is 23.9 Å². The van der Waals surface area contributed by atoms with E-state index in [1.54, 1.807) is 6.92 Å². The molecule has 1 amide bonds. The van der Waals surface area contributed by atoms with Crippen LogP contribution in [0.1, 0.15) is 43.0 Å². The van der Waals surface area contributed by atoms with Crippen molar-refractivity contribution in [2.45, 2.75) is 50.5 Å². The summed E-state index contributed by atoms with van der Waals surface area (Å²) in [6, 6.07) is 2.34. The summed E-state index contributed by atoms with van der Waals surface area (Å²) in [7, 11) is 0. The molecule has 1 aromatic rings. The lowest BCUT2D eigenvalue weighted by Gasteiger charge is -2.39. The summed E-state index contributed by atoms with van der Waals surface area (Å²) in [5.41, 5.74) is -0.853. The lowest BCUT2D eigenvalue weighted by Crippen LogP contribution is -2.55. The zero-order valence-corrected chi connectivity index (χ0v) is 14.6. The van der Waals surface area contributed by atoms with Crippen molar-refractivity contribution in [1.29, 1.82) is 0 Å². The van der Waals surface area contributed by atoms with Crippen molar-refractivity contribution in [3.8, 4) is 5.88 Å². The van der Waals surface area contributed by atoms with Gasteiger partial charge >= 0.3 is 18.3 Å². The van der Waals surface area contributed by atoms with E-state index in [0.717, 1.165) is 25.1 Å². The Morgan fingerprint density at radius 3 is 2.67 bits per heavy atom. The van der Waals surface area contributed by atoms with Gasteiger partial charge in [-0.1, -0.05) is 12.8 Å². The van der Waals surface area contributed by atoms with Crippen LogP contribution in [0.2, 0.25) is 0 Å². The highest BCUT2D eigenvalue weighted by molar-refractivity contribution is 5.94. The van der Waals surface area contributed by atoms with Gasteiger partial charge < -0.3 is 15.2 Å². The number of carboxylic acid groups (broad SMARTS) is 1. The molecule has 2 N–H and O–H groups in total. The summed E-state index contributed by atoms with van der Waals surface area (Å²) < 4.78 is 54.4. The molecule has 1 saturated carbocycles. The average Bonchev–Trinajstić information content (AvgIpc) is 2.60. The van der Waals surface area contributed by atoms with Gasteiger partial charge in [0.25, 0.3) is 5.91 Å².